The Labute approximate surface area is 186 Å². The highest BCUT2D eigenvalue weighted by atomic mass is 35.5. The second-order valence-electron chi connectivity index (χ2n) is 7.49. The minimum Gasteiger partial charge on any atom is -0.497 e. The first-order chi connectivity index (χ1) is 14.3. The van der Waals surface area contributed by atoms with E-state index in [0.29, 0.717) is 26.2 Å². The van der Waals surface area contributed by atoms with Crippen LogP contribution in [-0.2, 0) is 10.0 Å². The molecular formula is C21H24ClN3O3S2. The number of alkyl halides is 1. The average molecular weight is 466 g/mol. The molecule has 6 nitrogen and oxygen atoms in total. The summed E-state index contributed by atoms with van der Waals surface area (Å²) in [7, 11) is -1.89. The summed E-state index contributed by atoms with van der Waals surface area (Å²) in [4.78, 5) is 5.96. The first kappa shape index (κ1) is 21.4. The molecule has 1 aromatic heterocycles. The number of rotatable bonds is 5. The summed E-state index contributed by atoms with van der Waals surface area (Å²) >= 11 is 8.05. The lowest BCUT2D eigenvalue weighted by molar-refractivity contribution is 0.379. The Morgan fingerprint density at radius 1 is 1.17 bits per heavy atom. The van der Waals surface area contributed by atoms with Crippen molar-refractivity contribution >= 4 is 38.1 Å². The van der Waals surface area contributed by atoms with Crippen molar-refractivity contribution in [1.82, 2.24) is 9.29 Å². The zero-order chi connectivity index (χ0) is 21.4. The third kappa shape index (κ3) is 4.14. The van der Waals surface area contributed by atoms with Crippen LogP contribution in [0.3, 0.4) is 0 Å². The van der Waals surface area contributed by atoms with Gasteiger partial charge in [-0.3, -0.25) is 0 Å². The van der Waals surface area contributed by atoms with E-state index in [4.69, 9.17) is 21.3 Å². The predicted molar refractivity (Wildman–Crippen MR) is 123 cm³/mol. The van der Waals surface area contributed by atoms with Gasteiger partial charge < -0.3 is 9.64 Å². The van der Waals surface area contributed by atoms with Crippen LogP contribution in [0.4, 0.5) is 5.13 Å². The van der Waals surface area contributed by atoms with Crippen LogP contribution >= 0.6 is 22.9 Å². The normalized spacial score (nSPS) is 24.9. The molecule has 0 radical (unpaired) electrons. The summed E-state index contributed by atoms with van der Waals surface area (Å²) in [5, 5.41) is 2.17. The molecule has 0 amide bonds. The number of thiazole rings is 1. The molecule has 2 atom stereocenters. The van der Waals surface area contributed by atoms with Gasteiger partial charge in [-0.2, -0.15) is 4.31 Å². The molecule has 4 rings (SSSR count). The molecule has 2 heterocycles. The monoisotopic (exact) mass is 465 g/mol. The molecule has 1 saturated heterocycles. The van der Waals surface area contributed by atoms with E-state index >= 15 is 0 Å². The molecule has 0 saturated carbocycles. The highest BCUT2D eigenvalue weighted by Gasteiger charge is 2.43. The number of hydrogen-bond donors (Lipinski definition) is 0. The summed E-state index contributed by atoms with van der Waals surface area (Å²) in [6.07, 6.45) is 6.96. The van der Waals surface area contributed by atoms with Gasteiger partial charge in [0.25, 0.3) is 0 Å². The van der Waals surface area contributed by atoms with Crippen molar-refractivity contribution in [2.45, 2.75) is 17.0 Å². The van der Waals surface area contributed by atoms with E-state index in [9.17, 15) is 8.42 Å². The summed E-state index contributed by atoms with van der Waals surface area (Å²) in [5.74, 6) is 0.808. The third-order valence-electron chi connectivity index (χ3n) is 5.44. The number of allylic oxidation sites excluding steroid dienone is 3. The van der Waals surface area contributed by atoms with Crippen molar-refractivity contribution in [3.8, 4) is 17.0 Å². The first-order valence-corrected chi connectivity index (χ1v) is 12.5. The van der Waals surface area contributed by atoms with Crippen LogP contribution in [0.2, 0.25) is 0 Å². The van der Waals surface area contributed by atoms with E-state index in [0.717, 1.165) is 22.1 Å². The second-order valence-corrected chi connectivity index (χ2v) is 11.2. The second kappa shape index (κ2) is 8.34. The van der Waals surface area contributed by atoms with Gasteiger partial charge in [0.05, 0.1) is 17.7 Å². The Bertz CT molecular complexity index is 1050. The third-order valence-corrected chi connectivity index (χ3v) is 9.21. The van der Waals surface area contributed by atoms with Gasteiger partial charge in [-0.1, -0.05) is 24.3 Å². The summed E-state index contributed by atoms with van der Waals surface area (Å²) < 4.78 is 33.1. The van der Waals surface area contributed by atoms with Crippen molar-refractivity contribution in [3.05, 3.63) is 53.9 Å². The van der Waals surface area contributed by atoms with E-state index in [1.165, 1.54) is 0 Å². The van der Waals surface area contributed by atoms with Gasteiger partial charge in [0.15, 0.2) is 5.13 Å². The number of aromatic nitrogens is 1. The number of hydrogen-bond acceptors (Lipinski definition) is 6. The Morgan fingerprint density at radius 2 is 1.87 bits per heavy atom. The first-order valence-electron chi connectivity index (χ1n) is 9.70. The maximum absolute atomic E-state index is 13.2. The highest BCUT2D eigenvalue weighted by Crippen LogP contribution is 2.34. The summed E-state index contributed by atoms with van der Waals surface area (Å²) in [5.41, 5.74) is 1.93. The molecule has 1 aliphatic carbocycles. The fraction of sp³-hybridized carbons (Fsp3) is 0.381. The lowest BCUT2D eigenvalue weighted by atomic mass is 10.0. The standard InChI is InChI=1S/C21H24ClN3O3S2/c1-21(22)10-4-3-5-19(21)30(26,27)25-13-11-24(12-14-25)20-23-18(15-29-20)16-6-8-17(28-2)9-7-16/h3-10,15,19H,11-14H2,1-2H3. The lowest BCUT2D eigenvalue weighted by Gasteiger charge is -2.38. The van der Waals surface area contributed by atoms with Gasteiger partial charge in [-0.25, -0.2) is 13.4 Å². The maximum atomic E-state index is 13.2. The molecule has 1 aromatic carbocycles. The zero-order valence-electron chi connectivity index (χ0n) is 16.9. The van der Waals surface area contributed by atoms with E-state index < -0.39 is 20.1 Å². The van der Waals surface area contributed by atoms with Gasteiger partial charge in [0, 0.05) is 37.1 Å². The molecule has 0 bridgehead atoms. The van der Waals surface area contributed by atoms with Gasteiger partial charge >= 0.3 is 0 Å². The van der Waals surface area contributed by atoms with E-state index in [1.54, 1.807) is 54.0 Å². The molecule has 160 valence electrons. The number of ether oxygens (including phenoxy) is 1. The molecule has 30 heavy (non-hydrogen) atoms. The van der Waals surface area contributed by atoms with Gasteiger partial charge in [-0.15, -0.1) is 22.9 Å². The number of methoxy groups -OCH3 is 1. The van der Waals surface area contributed by atoms with Gasteiger partial charge in [0.1, 0.15) is 11.0 Å². The lowest BCUT2D eigenvalue weighted by Crippen LogP contribution is -2.54. The molecule has 1 aliphatic heterocycles. The van der Waals surface area contributed by atoms with Crippen molar-refractivity contribution in [3.63, 3.8) is 0 Å². The fourth-order valence-electron chi connectivity index (χ4n) is 3.68. The van der Waals surface area contributed by atoms with Gasteiger partial charge in [0.2, 0.25) is 10.0 Å². The van der Waals surface area contributed by atoms with Crippen LogP contribution < -0.4 is 9.64 Å². The Morgan fingerprint density at radius 3 is 2.50 bits per heavy atom. The average Bonchev–Trinajstić information content (AvgIpc) is 3.24. The number of piperazine rings is 1. The van der Waals surface area contributed by atoms with E-state index in [-0.39, 0.29) is 0 Å². The molecule has 2 aromatic rings. The molecular weight excluding hydrogens is 442 g/mol. The van der Waals surface area contributed by atoms with Crippen molar-refractivity contribution < 1.29 is 13.2 Å². The van der Waals surface area contributed by atoms with E-state index in [2.05, 4.69) is 4.90 Å². The van der Waals surface area contributed by atoms with Gasteiger partial charge in [-0.05, 0) is 31.2 Å². The van der Waals surface area contributed by atoms with Crippen LogP contribution in [0, 0.1) is 0 Å². The smallest absolute Gasteiger partial charge is 0.222 e. The molecule has 9 heteroatoms. The fourth-order valence-corrected chi connectivity index (χ4v) is 7.00. The van der Waals surface area contributed by atoms with Crippen molar-refractivity contribution in [2.24, 2.45) is 0 Å². The number of nitrogens with zero attached hydrogens (tertiary/aromatic N) is 3. The van der Waals surface area contributed by atoms with Crippen molar-refractivity contribution in [1.29, 1.82) is 0 Å². The summed E-state index contributed by atoms with van der Waals surface area (Å²) in [6, 6.07) is 7.80. The van der Waals surface area contributed by atoms with Crippen LogP contribution in [0.25, 0.3) is 11.3 Å². The number of halogens is 1. The van der Waals surface area contributed by atoms with Crippen LogP contribution in [0.15, 0.2) is 53.9 Å². The maximum Gasteiger partial charge on any atom is 0.222 e. The summed E-state index contributed by atoms with van der Waals surface area (Å²) in [6.45, 7) is 3.77. The molecule has 2 aliphatic rings. The van der Waals surface area contributed by atoms with Crippen LogP contribution in [-0.4, -0.2) is 61.1 Å². The largest absolute Gasteiger partial charge is 0.497 e. The molecule has 0 N–H and O–H groups in total. The molecule has 1 fully saturated rings. The Hall–Kier alpha value is -1.87. The molecule has 0 spiro atoms. The number of benzene rings is 1. The van der Waals surface area contributed by atoms with E-state index in [1.807, 2.05) is 29.6 Å². The molecule has 2 unspecified atom stereocenters. The topological polar surface area (TPSA) is 62.7 Å². The van der Waals surface area contributed by atoms with Crippen LogP contribution in [0.1, 0.15) is 6.92 Å². The Balaban J connectivity index is 1.43. The number of sulfonamides is 1. The minimum atomic E-state index is -3.53. The minimum absolute atomic E-state index is 0.417. The number of anilines is 1. The Kier molecular flexibility index (Phi) is 5.94. The van der Waals surface area contributed by atoms with Crippen LogP contribution in [0.5, 0.6) is 5.75 Å². The SMILES string of the molecule is COc1ccc(-c2csc(N3CCN(S(=O)(=O)C4C=CC=CC4(C)Cl)CC3)n2)cc1. The predicted octanol–water partition coefficient (Wildman–Crippen LogP) is 3.76. The zero-order valence-corrected chi connectivity index (χ0v) is 19.3. The quantitative estimate of drug-likeness (QED) is 0.629. The van der Waals surface area contributed by atoms with Crippen molar-refractivity contribution in [2.75, 3.05) is 38.2 Å². The highest BCUT2D eigenvalue weighted by molar-refractivity contribution is 7.90.